The normalized spacial score (nSPS) is 32.4. The van der Waals surface area contributed by atoms with E-state index in [-0.39, 0.29) is 11.3 Å². The van der Waals surface area contributed by atoms with Gasteiger partial charge in [0.15, 0.2) is 0 Å². The molecule has 0 unspecified atom stereocenters. The molecule has 5 nitrogen and oxygen atoms in total. The van der Waals surface area contributed by atoms with Gasteiger partial charge in [-0.1, -0.05) is 20.8 Å². The van der Waals surface area contributed by atoms with Gasteiger partial charge in [-0.15, -0.1) is 0 Å². The zero-order valence-corrected chi connectivity index (χ0v) is 10.4. The molecule has 2 fully saturated rings. The van der Waals surface area contributed by atoms with Crippen molar-refractivity contribution in [1.29, 1.82) is 0 Å². The van der Waals surface area contributed by atoms with Crippen LogP contribution in [0.25, 0.3) is 0 Å². The molecule has 0 bridgehead atoms. The molecule has 1 aliphatic heterocycles. The summed E-state index contributed by atoms with van der Waals surface area (Å²) in [6, 6.07) is 0. The summed E-state index contributed by atoms with van der Waals surface area (Å²) in [5.74, 6) is -1.97. The summed E-state index contributed by atoms with van der Waals surface area (Å²) in [5.41, 5.74) is -0.402. The Morgan fingerprint density at radius 2 is 1.88 bits per heavy atom. The van der Waals surface area contributed by atoms with Crippen LogP contribution in [0.4, 0.5) is 0 Å². The fourth-order valence-electron chi connectivity index (χ4n) is 2.55. The third-order valence-corrected chi connectivity index (χ3v) is 3.97. The van der Waals surface area contributed by atoms with Crippen molar-refractivity contribution in [2.45, 2.75) is 20.8 Å². The van der Waals surface area contributed by atoms with Gasteiger partial charge in [-0.25, -0.2) is 0 Å². The Hall–Kier alpha value is -1.10. The molecule has 1 saturated carbocycles. The van der Waals surface area contributed by atoms with Gasteiger partial charge in [-0.2, -0.15) is 0 Å². The molecule has 2 rings (SSSR count). The van der Waals surface area contributed by atoms with Crippen LogP contribution in [0.5, 0.6) is 0 Å². The zero-order valence-electron chi connectivity index (χ0n) is 10.4. The minimum Gasteiger partial charge on any atom is -0.481 e. The highest BCUT2D eigenvalue weighted by atomic mass is 16.5. The molecule has 1 saturated heterocycles. The topological polar surface area (TPSA) is 75.6 Å². The van der Waals surface area contributed by atoms with Crippen LogP contribution in [-0.4, -0.2) is 36.7 Å². The number of hydrogen-bond acceptors (Lipinski definition) is 3. The lowest BCUT2D eigenvalue weighted by molar-refractivity contribution is -0.141. The molecule has 2 atom stereocenters. The molecule has 0 radical (unpaired) electrons. The monoisotopic (exact) mass is 241 g/mol. The van der Waals surface area contributed by atoms with Gasteiger partial charge in [0.25, 0.3) is 0 Å². The molecule has 0 aromatic heterocycles. The van der Waals surface area contributed by atoms with E-state index in [0.29, 0.717) is 19.8 Å². The Labute approximate surface area is 101 Å². The van der Waals surface area contributed by atoms with Gasteiger partial charge in [0.1, 0.15) is 0 Å². The van der Waals surface area contributed by atoms with Crippen molar-refractivity contribution in [3.8, 4) is 0 Å². The van der Waals surface area contributed by atoms with Crippen LogP contribution in [0.15, 0.2) is 0 Å². The first-order valence-electron chi connectivity index (χ1n) is 5.86. The van der Waals surface area contributed by atoms with E-state index in [4.69, 9.17) is 9.84 Å². The summed E-state index contributed by atoms with van der Waals surface area (Å²) < 4.78 is 5.10. The molecule has 1 heterocycles. The lowest BCUT2D eigenvalue weighted by atomic mass is 9.88. The van der Waals surface area contributed by atoms with Crippen molar-refractivity contribution in [1.82, 2.24) is 5.32 Å². The number of hydrogen-bond donors (Lipinski definition) is 2. The first-order chi connectivity index (χ1) is 7.78. The van der Waals surface area contributed by atoms with E-state index in [0.717, 1.165) is 0 Å². The third-order valence-electron chi connectivity index (χ3n) is 3.97. The number of carbonyl (C=O) groups excluding carboxylic acids is 1. The second-order valence-electron chi connectivity index (χ2n) is 6.14. The molecule has 0 spiro atoms. The van der Waals surface area contributed by atoms with E-state index < -0.39 is 23.2 Å². The molecule has 0 aromatic carbocycles. The highest BCUT2D eigenvalue weighted by Gasteiger charge is 2.65. The molecule has 96 valence electrons. The molecule has 0 aromatic rings. The Morgan fingerprint density at radius 3 is 2.24 bits per heavy atom. The van der Waals surface area contributed by atoms with E-state index in [1.54, 1.807) is 0 Å². The van der Waals surface area contributed by atoms with E-state index in [9.17, 15) is 9.59 Å². The number of amides is 1. The highest BCUT2D eigenvalue weighted by molar-refractivity contribution is 5.91. The maximum Gasteiger partial charge on any atom is 0.307 e. The Bertz CT molecular complexity index is 360. The fraction of sp³-hybridized carbons (Fsp3) is 0.833. The van der Waals surface area contributed by atoms with E-state index >= 15 is 0 Å². The van der Waals surface area contributed by atoms with Crippen LogP contribution in [0, 0.1) is 22.7 Å². The average Bonchev–Trinajstić information content (AvgIpc) is 2.75. The second-order valence-corrected chi connectivity index (χ2v) is 6.14. The molecule has 1 aliphatic carbocycles. The molecule has 5 heteroatoms. The summed E-state index contributed by atoms with van der Waals surface area (Å²) >= 11 is 0. The van der Waals surface area contributed by atoms with E-state index in [2.05, 4.69) is 5.32 Å². The van der Waals surface area contributed by atoms with Crippen LogP contribution >= 0.6 is 0 Å². The number of carboxylic acid groups (broad SMARTS) is 1. The smallest absolute Gasteiger partial charge is 0.307 e. The van der Waals surface area contributed by atoms with Crippen LogP contribution in [0.1, 0.15) is 20.8 Å². The number of carboxylic acids is 1. The van der Waals surface area contributed by atoms with Gasteiger partial charge in [-0.3, -0.25) is 9.59 Å². The number of ether oxygens (including phenoxy) is 1. The first kappa shape index (κ1) is 12.4. The van der Waals surface area contributed by atoms with Crippen LogP contribution in [0.2, 0.25) is 0 Å². The zero-order chi connectivity index (χ0) is 12.8. The molecule has 2 aliphatic rings. The fourth-order valence-corrected chi connectivity index (χ4v) is 2.55. The summed E-state index contributed by atoms with van der Waals surface area (Å²) in [6.07, 6.45) is 0. The predicted octanol–water partition coefficient (Wildman–Crippen LogP) is 0.496. The molecule has 1 amide bonds. The minimum atomic E-state index is -0.881. The van der Waals surface area contributed by atoms with Crippen LogP contribution < -0.4 is 5.32 Å². The second kappa shape index (κ2) is 3.70. The Morgan fingerprint density at radius 1 is 1.29 bits per heavy atom. The summed E-state index contributed by atoms with van der Waals surface area (Å²) in [5, 5.41) is 11.8. The van der Waals surface area contributed by atoms with Gasteiger partial charge in [-0.05, 0) is 5.41 Å². The number of rotatable bonds is 4. The van der Waals surface area contributed by atoms with Gasteiger partial charge < -0.3 is 15.2 Å². The minimum absolute atomic E-state index is 0.0212. The summed E-state index contributed by atoms with van der Waals surface area (Å²) in [6.45, 7) is 7.57. The van der Waals surface area contributed by atoms with Crippen molar-refractivity contribution in [3.05, 3.63) is 0 Å². The predicted molar refractivity (Wildman–Crippen MR) is 60.3 cm³/mol. The first-order valence-corrected chi connectivity index (χ1v) is 5.86. The average molecular weight is 241 g/mol. The molecule has 2 N–H and O–H groups in total. The van der Waals surface area contributed by atoms with E-state index in [1.807, 2.05) is 20.8 Å². The number of carbonyl (C=O) groups is 2. The summed E-state index contributed by atoms with van der Waals surface area (Å²) in [4.78, 5) is 22.9. The van der Waals surface area contributed by atoms with Crippen molar-refractivity contribution in [2.75, 3.05) is 19.8 Å². The van der Waals surface area contributed by atoms with Gasteiger partial charge in [0.05, 0.1) is 25.0 Å². The SMILES string of the molecule is CC1(CNC(=O)[C@H]2[C@@H](C(=O)O)C2(C)C)COC1. The lowest BCUT2D eigenvalue weighted by Crippen LogP contribution is -2.49. The van der Waals surface area contributed by atoms with Gasteiger partial charge in [0, 0.05) is 12.0 Å². The molecule has 17 heavy (non-hydrogen) atoms. The van der Waals surface area contributed by atoms with Crippen LogP contribution in [0.3, 0.4) is 0 Å². The van der Waals surface area contributed by atoms with Crippen LogP contribution in [-0.2, 0) is 14.3 Å². The maximum absolute atomic E-state index is 11.9. The molecular formula is C12H19NO4. The van der Waals surface area contributed by atoms with Crippen molar-refractivity contribution in [2.24, 2.45) is 22.7 Å². The summed E-state index contributed by atoms with van der Waals surface area (Å²) in [7, 11) is 0. The van der Waals surface area contributed by atoms with Crippen molar-refractivity contribution in [3.63, 3.8) is 0 Å². The highest BCUT2D eigenvalue weighted by Crippen LogP contribution is 2.58. The lowest BCUT2D eigenvalue weighted by Gasteiger charge is -2.38. The number of aliphatic carboxylic acids is 1. The van der Waals surface area contributed by atoms with E-state index in [1.165, 1.54) is 0 Å². The van der Waals surface area contributed by atoms with Gasteiger partial charge >= 0.3 is 5.97 Å². The van der Waals surface area contributed by atoms with Gasteiger partial charge in [0.2, 0.25) is 5.91 Å². The Kier molecular flexibility index (Phi) is 2.69. The Balaban J connectivity index is 1.87. The standard InChI is InChI=1S/C12H19NO4/c1-11(2)7(8(11)10(15)16)9(14)13-4-12(3)5-17-6-12/h7-8H,4-6H2,1-3H3,(H,13,14)(H,15,16)/t7-,8+/m1/s1. The maximum atomic E-state index is 11.9. The van der Waals surface area contributed by atoms with Crippen molar-refractivity contribution < 1.29 is 19.4 Å². The van der Waals surface area contributed by atoms with Crippen molar-refractivity contribution >= 4 is 11.9 Å². The third kappa shape index (κ3) is 2.04. The quantitative estimate of drug-likeness (QED) is 0.751. The molecular weight excluding hydrogens is 222 g/mol. The largest absolute Gasteiger partial charge is 0.481 e. The number of nitrogens with one attached hydrogen (secondary N) is 1.